The number of nitrogens with zero attached hydrogens (tertiary/aromatic N) is 4. The van der Waals surface area contributed by atoms with Crippen molar-refractivity contribution in [2.24, 2.45) is 0 Å². The van der Waals surface area contributed by atoms with Crippen molar-refractivity contribution in [2.75, 3.05) is 18.4 Å². The van der Waals surface area contributed by atoms with Crippen molar-refractivity contribution in [3.05, 3.63) is 48.4 Å². The number of fused-ring (bicyclic) bond motifs is 1. The molecule has 23 heavy (non-hydrogen) atoms. The summed E-state index contributed by atoms with van der Waals surface area (Å²) in [7, 11) is 0. The molecule has 1 atom stereocenters. The first-order valence-corrected chi connectivity index (χ1v) is 7.56. The summed E-state index contributed by atoms with van der Waals surface area (Å²) in [5, 5.41) is 9.87. The maximum Gasteiger partial charge on any atom is 0.257 e. The third-order valence-electron chi connectivity index (χ3n) is 4.02. The number of carbonyl (C=O) groups excluding carboxylic acids is 1. The van der Waals surface area contributed by atoms with E-state index in [1.807, 2.05) is 29.2 Å². The second kappa shape index (κ2) is 5.68. The lowest BCUT2D eigenvalue weighted by Gasteiger charge is -2.16. The Hall–Kier alpha value is -2.96. The summed E-state index contributed by atoms with van der Waals surface area (Å²) in [6.07, 6.45) is 5.80. The number of anilines is 1. The van der Waals surface area contributed by atoms with Gasteiger partial charge in [0.2, 0.25) is 0 Å². The van der Waals surface area contributed by atoms with E-state index in [4.69, 9.17) is 0 Å². The number of rotatable bonds is 3. The topological polar surface area (TPSA) is 86.8 Å². The predicted octanol–water partition coefficient (Wildman–Crippen LogP) is 1.68. The number of aromatic amines is 1. The van der Waals surface area contributed by atoms with E-state index in [-0.39, 0.29) is 11.9 Å². The molecule has 0 radical (unpaired) electrons. The number of benzene rings is 1. The van der Waals surface area contributed by atoms with E-state index in [2.05, 4.69) is 25.5 Å². The van der Waals surface area contributed by atoms with Crippen LogP contribution in [-0.2, 0) is 0 Å². The predicted molar refractivity (Wildman–Crippen MR) is 86.1 cm³/mol. The van der Waals surface area contributed by atoms with Crippen LogP contribution in [0.4, 0.5) is 5.82 Å². The molecule has 0 saturated carbocycles. The Balaban J connectivity index is 1.44. The largest absolute Gasteiger partial charge is 0.364 e. The molecule has 1 saturated heterocycles. The average molecular weight is 308 g/mol. The van der Waals surface area contributed by atoms with Gasteiger partial charge in [-0.15, -0.1) is 0 Å². The van der Waals surface area contributed by atoms with E-state index in [9.17, 15) is 4.79 Å². The summed E-state index contributed by atoms with van der Waals surface area (Å²) in [5.74, 6) is 0.749. The summed E-state index contributed by atoms with van der Waals surface area (Å²) in [6.45, 7) is 1.38. The SMILES string of the molecule is O=C(c1cn[nH]c1)N1CC[C@@H](Nc2cnc3ccccc3n2)C1. The molecule has 0 spiro atoms. The maximum absolute atomic E-state index is 12.3. The Morgan fingerprint density at radius 1 is 1.26 bits per heavy atom. The van der Waals surface area contributed by atoms with Crippen LogP contribution in [0.15, 0.2) is 42.9 Å². The molecule has 2 aromatic heterocycles. The minimum atomic E-state index is 0.00708. The van der Waals surface area contributed by atoms with Crippen molar-refractivity contribution in [3.8, 4) is 0 Å². The fraction of sp³-hybridized carbons (Fsp3) is 0.250. The number of likely N-dealkylation sites (tertiary alicyclic amines) is 1. The van der Waals surface area contributed by atoms with Gasteiger partial charge < -0.3 is 10.2 Å². The highest BCUT2D eigenvalue weighted by atomic mass is 16.2. The van der Waals surface area contributed by atoms with Gasteiger partial charge in [0.1, 0.15) is 5.82 Å². The fourth-order valence-electron chi connectivity index (χ4n) is 2.85. The Labute approximate surface area is 132 Å². The quantitative estimate of drug-likeness (QED) is 0.769. The lowest BCUT2D eigenvalue weighted by atomic mass is 10.2. The van der Waals surface area contributed by atoms with Gasteiger partial charge in [-0.05, 0) is 18.6 Å². The third-order valence-corrected chi connectivity index (χ3v) is 4.02. The molecule has 1 aliphatic rings. The van der Waals surface area contributed by atoms with Crippen molar-refractivity contribution < 1.29 is 4.79 Å². The number of H-pyrrole nitrogens is 1. The molecule has 3 heterocycles. The molecule has 116 valence electrons. The Morgan fingerprint density at radius 2 is 2.13 bits per heavy atom. The van der Waals surface area contributed by atoms with E-state index < -0.39 is 0 Å². The molecular weight excluding hydrogens is 292 g/mol. The number of amides is 1. The van der Waals surface area contributed by atoms with E-state index in [1.54, 1.807) is 18.6 Å². The van der Waals surface area contributed by atoms with E-state index in [0.717, 1.165) is 29.8 Å². The molecule has 1 fully saturated rings. The number of hydrogen-bond donors (Lipinski definition) is 2. The number of para-hydroxylation sites is 2. The second-order valence-corrected chi connectivity index (χ2v) is 5.61. The van der Waals surface area contributed by atoms with Crippen molar-refractivity contribution >= 4 is 22.8 Å². The van der Waals surface area contributed by atoms with Crippen LogP contribution in [0.2, 0.25) is 0 Å². The minimum Gasteiger partial charge on any atom is -0.364 e. The van der Waals surface area contributed by atoms with Crippen molar-refractivity contribution in [1.29, 1.82) is 0 Å². The summed E-state index contributed by atoms with van der Waals surface area (Å²) < 4.78 is 0. The summed E-state index contributed by atoms with van der Waals surface area (Å²) in [6, 6.07) is 7.95. The molecule has 1 amide bonds. The molecule has 7 nitrogen and oxygen atoms in total. The number of aromatic nitrogens is 4. The van der Waals surface area contributed by atoms with Crippen LogP contribution in [0.3, 0.4) is 0 Å². The zero-order valence-electron chi connectivity index (χ0n) is 12.4. The molecular formula is C16H16N6O. The summed E-state index contributed by atoms with van der Waals surface area (Å²) in [5.41, 5.74) is 2.33. The van der Waals surface area contributed by atoms with E-state index in [0.29, 0.717) is 12.1 Å². The first kappa shape index (κ1) is 13.7. The number of hydrogen-bond acceptors (Lipinski definition) is 5. The summed E-state index contributed by atoms with van der Waals surface area (Å²) >= 11 is 0. The first-order chi connectivity index (χ1) is 11.3. The van der Waals surface area contributed by atoms with Gasteiger partial charge in [-0.2, -0.15) is 5.10 Å². The minimum absolute atomic E-state index is 0.00708. The van der Waals surface area contributed by atoms with Gasteiger partial charge in [0.15, 0.2) is 0 Å². The van der Waals surface area contributed by atoms with Crippen LogP contribution in [0, 0.1) is 0 Å². The molecule has 0 bridgehead atoms. The lowest BCUT2D eigenvalue weighted by molar-refractivity contribution is 0.0791. The fourth-order valence-corrected chi connectivity index (χ4v) is 2.85. The van der Waals surface area contributed by atoms with Crippen LogP contribution < -0.4 is 5.32 Å². The van der Waals surface area contributed by atoms with E-state index >= 15 is 0 Å². The van der Waals surface area contributed by atoms with Crippen molar-refractivity contribution in [1.82, 2.24) is 25.1 Å². The maximum atomic E-state index is 12.3. The highest BCUT2D eigenvalue weighted by Gasteiger charge is 2.27. The molecule has 1 aliphatic heterocycles. The Bertz CT molecular complexity index is 831. The van der Waals surface area contributed by atoms with Crippen LogP contribution in [0.1, 0.15) is 16.8 Å². The van der Waals surface area contributed by atoms with Gasteiger partial charge in [0.25, 0.3) is 5.91 Å². The Morgan fingerprint density at radius 3 is 2.96 bits per heavy atom. The number of nitrogens with one attached hydrogen (secondary N) is 2. The highest BCUT2D eigenvalue weighted by molar-refractivity contribution is 5.93. The highest BCUT2D eigenvalue weighted by Crippen LogP contribution is 2.18. The molecule has 4 rings (SSSR count). The molecule has 3 aromatic rings. The second-order valence-electron chi connectivity index (χ2n) is 5.61. The lowest BCUT2D eigenvalue weighted by Crippen LogP contribution is -2.31. The van der Waals surface area contributed by atoms with Crippen LogP contribution in [-0.4, -0.2) is 50.1 Å². The average Bonchev–Trinajstić information content (AvgIpc) is 3.26. The first-order valence-electron chi connectivity index (χ1n) is 7.56. The molecule has 2 N–H and O–H groups in total. The number of carbonyl (C=O) groups is 1. The van der Waals surface area contributed by atoms with Gasteiger partial charge in [-0.1, -0.05) is 12.1 Å². The van der Waals surface area contributed by atoms with Crippen LogP contribution in [0.5, 0.6) is 0 Å². The molecule has 0 unspecified atom stereocenters. The summed E-state index contributed by atoms with van der Waals surface area (Å²) in [4.78, 5) is 23.1. The van der Waals surface area contributed by atoms with Crippen LogP contribution >= 0.6 is 0 Å². The van der Waals surface area contributed by atoms with Crippen molar-refractivity contribution in [2.45, 2.75) is 12.5 Å². The van der Waals surface area contributed by atoms with Gasteiger partial charge in [-0.3, -0.25) is 14.9 Å². The zero-order valence-corrected chi connectivity index (χ0v) is 12.4. The normalized spacial score (nSPS) is 17.6. The monoisotopic (exact) mass is 308 g/mol. The smallest absolute Gasteiger partial charge is 0.257 e. The Kier molecular flexibility index (Phi) is 3.38. The van der Waals surface area contributed by atoms with Gasteiger partial charge in [-0.25, -0.2) is 4.98 Å². The van der Waals surface area contributed by atoms with E-state index in [1.165, 1.54) is 0 Å². The van der Waals surface area contributed by atoms with Gasteiger partial charge in [0.05, 0.1) is 29.0 Å². The molecule has 1 aromatic carbocycles. The van der Waals surface area contributed by atoms with Gasteiger partial charge in [0, 0.05) is 25.3 Å². The molecule has 7 heteroatoms. The third kappa shape index (κ3) is 2.73. The zero-order chi connectivity index (χ0) is 15.6. The van der Waals surface area contributed by atoms with Crippen molar-refractivity contribution in [3.63, 3.8) is 0 Å². The van der Waals surface area contributed by atoms with Gasteiger partial charge >= 0.3 is 0 Å². The molecule has 0 aliphatic carbocycles. The standard InChI is InChI=1S/C16H16N6O/c23-16(11-7-18-19-8-11)22-6-5-12(10-22)20-15-9-17-13-3-1-2-4-14(13)21-15/h1-4,7-9,12H,5-6,10H2,(H,18,19)(H,20,21)/t12-/m1/s1. The van der Waals surface area contributed by atoms with Crippen LogP contribution in [0.25, 0.3) is 11.0 Å².